The first-order chi connectivity index (χ1) is 27.8. The Morgan fingerprint density at radius 1 is 0.339 bits per heavy atom. The summed E-state index contributed by atoms with van der Waals surface area (Å²) in [5.74, 6) is 1.87. The molecule has 5 heteroatoms. The Bertz CT molecular complexity index is 3230. The van der Waals surface area contributed by atoms with Gasteiger partial charge in [-0.3, -0.25) is 0 Å². The third kappa shape index (κ3) is 5.29. The highest BCUT2D eigenvalue weighted by Crippen LogP contribution is 2.40. The predicted molar refractivity (Wildman–Crippen MR) is 231 cm³/mol. The molecule has 0 aliphatic carbocycles. The van der Waals surface area contributed by atoms with Gasteiger partial charge in [-0.2, -0.15) is 0 Å². The molecule has 0 bridgehead atoms. The van der Waals surface area contributed by atoms with Crippen molar-refractivity contribution in [3.63, 3.8) is 0 Å². The van der Waals surface area contributed by atoms with Crippen molar-refractivity contribution in [1.82, 2.24) is 24.5 Å². The Morgan fingerprint density at radius 2 is 0.875 bits per heavy atom. The fourth-order valence-corrected chi connectivity index (χ4v) is 8.18. The molecule has 0 aliphatic heterocycles. The molecule has 0 radical (unpaired) electrons. The normalized spacial score (nSPS) is 11.6. The zero-order valence-electron chi connectivity index (χ0n) is 30.3. The second-order valence-corrected chi connectivity index (χ2v) is 14.1. The number of aromatic nitrogens is 5. The van der Waals surface area contributed by atoms with E-state index in [9.17, 15) is 0 Å². The van der Waals surface area contributed by atoms with E-state index in [1.54, 1.807) is 0 Å². The molecule has 1 N–H and O–H groups in total. The maximum absolute atomic E-state index is 5.20. The van der Waals surface area contributed by atoms with Gasteiger partial charge >= 0.3 is 0 Å². The summed E-state index contributed by atoms with van der Waals surface area (Å²) < 4.78 is 2.36. The third-order valence-corrected chi connectivity index (χ3v) is 10.8. The lowest BCUT2D eigenvalue weighted by atomic mass is 9.98. The molecular formula is C51H33N5. The molecule has 3 aromatic heterocycles. The molecule has 0 saturated heterocycles. The fourth-order valence-electron chi connectivity index (χ4n) is 8.18. The van der Waals surface area contributed by atoms with E-state index in [1.807, 2.05) is 24.3 Å². The minimum Gasteiger partial charge on any atom is -0.354 e. The summed E-state index contributed by atoms with van der Waals surface area (Å²) in [7, 11) is 0. The Morgan fingerprint density at radius 3 is 1.68 bits per heavy atom. The largest absolute Gasteiger partial charge is 0.354 e. The number of hydrogen-bond donors (Lipinski definition) is 1. The number of nitrogens with zero attached hydrogens (tertiary/aromatic N) is 4. The number of H-pyrrole nitrogens is 1. The molecule has 5 nitrogen and oxygen atoms in total. The number of nitrogens with one attached hydrogen (secondary N) is 1. The zero-order valence-corrected chi connectivity index (χ0v) is 30.3. The van der Waals surface area contributed by atoms with Gasteiger partial charge in [0.25, 0.3) is 0 Å². The van der Waals surface area contributed by atoms with Crippen molar-refractivity contribution in [2.45, 2.75) is 0 Å². The lowest BCUT2D eigenvalue weighted by molar-refractivity contribution is 1.06. The van der Waals surface area contributed by atoms with E-state index in [0.29, 0.717) is 17.5 Å². The van der Waals surface area contributed by atoms with E-state index in [-0.39, 0.29) is 0 Å². The molecule has 0 atom stereocenters. The molecule has 0 saturated carbocycles. The maximum atomic E-state index is 5.20. The summed E-state index contributed by atoms with van der Waals surface area (Å²) in [6.45, 7) is 0. The van der Waals surface area contributed by atoms with Gasteiger partial charge in [-0.1, -0.05) is 152 Å². The Balaban J connectivity index is 1.09. The molecule has 11 rings (SSSR count). The molecule has 8 aromatic carbocycles. The van der Waals surface area contributed by atoms with Crippen LogP contribution in [0.15, 0.2) is 194 Å². The first kappa shape index (κ1) is 31.9. The minimum atomic E-state index is 0.616. The molecule has 0 spiro atoms. The maximum Gasteiger partial charge on any atom is 0.166 e. The Hall–Kier alpha value is -7.63. The van der Waals surface area contributed by atoms with Crippen molar-refractivity contribution in [1.29, 1.82) is 0 Å². The van der Waals surface area contributed by atoms with Crippen molar-refractivity contribution in [2.75, 3.05) is 0 Å². The highest BCUT2D eigenvalue weighted by atomic mass is 15.1. The summed E-state index contributed by atoms with van der Waals surface area (Å²) in [5, 5.41) is 4.84. The van der Waals surface area contributed by atoms with Gasteiger partial charge in [-0.25, -0.2) is 15.0 Å². The lowest BCUT2D eigenvalue weighted by Crippen LogP contribution is -2.03. The van der Waals surface area contributed by atoms with Gasteiger partial charge in [-0.15, -0.1) is 0 Å². The first-order valence-corrected chi connectivity index (χ1v) is 18.9. The van der Waals surface area contributed by atoms with Gasteiger partial charge in [0.05, 0.1) is 16.7 Å². The van der Waals surface area contributed by atoms with Gasteiger partial charge in [0.1, 0.15) is 0 Å². The van der Waals surface area contributed by atoms with Crippen LogP contribution in [0.25, 0.3) is 106 Å². The fraction of sp³-hybridized carbons (Fsp3) is 0. The standard InChI is InChI=1S/C51H33N5/c1-3-14-33(15-4-1)34-26-28-36(29-27-34)50-53-49(35-16-5-2-6-17-35)54-51(55-50)41-20-9-12-25-46(41)56-45-24-11-8-18-39(45)42-32-37(30-31-47(42)56)38-21-13-23-44-48(38)40-19-7-10-22-43(40)52-44/h1-32,52H. The molecule has 0 aliphatic rings. The predicted octanol–water partition coefficient (Wildman–Crippen LogP) is 12.9. The van der Waals surface area contributed by atoms with Gasteiger partial charge in [-0.05, 0) is 64.7 Å². The molecule has 262 valence electrons. The van der Waals surface area contributed by atoms with Crippen LogP contribution in [-0.2, 0) is 0 Å². The summed E-state index contributed by atoms with van der Waals surface area (Å²) >= 11 is 0. The topological polar surface area (TPSA) is 59.4 Å². The molecular weight excluding hydrogens is 683 g/mol. The van der Waals surface area contributed by atoms with Crippen molar-refractivity contribution < 1.29 is 0 Å². The number of benzene rings is 8. The van der Waals surface area contributed by atoms with Crippen LogP contribution in [0.3, 0.4) is 0 Å². The number of para-hydroxylation sites is 3. The van der Waals surface area contributed by atoms with Gasteiger partial charge < -0.3 is 9.55 Å². The summed E-state index contributed by atoms with van der Waals surface area (Å²) in [6, 6.07) is 68.1. The second-order valence-electron chi connectivity index (χ2n) is 14.1. The number of hydrogen-bond acceptors (Lipinski definition) is 3. The summed E-state index contributed by atoms with van der Waals surface area (Å²) in [4.78, 5) is 19.0. The first-order valence-electron chi connectivity index (χ1n) is 18.9. The van der Waals surface area contributed by atoms with Crippen LogP contribution in [0.5, 0.6) is 0 Å². The van der Waals surface area contributed by atoms with Crippen molar-refractivity contribution in [3.8, 4) is 62.1 Å². The highest BCUT2D eigenvalue weighted by Gasteiger charge is 2.20. The van der Waals surface area contributed by atoms with Gasteiger partial charge in [0.15, 0.2) is 17.5 Å². The van der Waals surface area contributed by atoms with E-state index in [0.717, 1.165) is 50.0 Å². The highest BCUT2D eigenvalue weighted by molar-refractivity contribution is 6.16. The van der Waals surface area contributed by atoms with Crippen LogP contribution >= 0.6 is 0 Å². The molecule has 0 fully saturated rings. The van der Waals surface area contributed by atoms with Crippen LogP contribution < -0.4 is 0 Å². The van der Waals surface area contributed by atoms with Crippen LogP contribution in [0.1, 0.15) is 0 Å². The SMILES string of the molecule is c1ccc(-c2ccc(-c3nc(-c4ccccc4)nc(-c4ccccc4-n4c5ccccc5c5cc(-c6cccc7[nH]c8ccccc8c67)ccc54)n3)cc2)cc1. The number of rotatable bonds is 6. The molecule has 0 amide bonds. The van der Waals surface area contributed by atoms with E-state index < -0.39 is 0 Å². The zero-order chi connectivity index (χ0) is 37.0. The van der Waals surface area contributed by atoms with E-state index in [4.69, 9.17) is 15.0 Å². The van der Waals surface area contributed by atoms with E-state index in [2.05, 4.69) is 179 Å². The molecule has 3 heterocycles. The Kier molecular flexibility index (Phi) is 7.42. The van der Waals surface area contributed by atoms with Crippen LogP contribution in [0, 0.1) is 0 Å². The van der Waals surface area contributed by atoms with Gasteiger partial charge in [0.2, 0.25) is 0 Å². The third-order valence-electron chi connectivity index (χ3n) is 10.8. The van der Waals surface area contributed by atoms with Crippen LogP contribution in [-0.4, -0.2) is 24.5 Å². The summed E-state index contributed by atoms with van der Waals surface area (Å²) in [6.07, 6.45) is 0. The number of aromatic amines is 1. The second kappa shape index (κ2) is 13.0. The average Bonchev–Trinajstić information content (AvgIpc) is 3.82. The van der Waals surface area contributed by atoms with Crippen LogP contribution in [0.2, 0.25) is 0 Å². The van der Waals surface area contributed by atoms with Gasteiger partial charge in [0, 0.05) is 49.3 Å². The molecule has 11 aromatic rings. The van der Waals surface area contributed by atoms with Crippen LogP contribution in [0.4, 0.5) is 0 Å². The summed E-state index contributed by atoms with van der Waals surface area (Å²) in [5.41, 5.74) is 13.0. The lowest BCUT2D eigenvalue weighted by Gasteiger charge is -2.15. The van der Waals surface area contributed by atoms with Crippen molar-refractivity contribution in [2.24, 2.45) is 0 Å². The molecule has 0 unspecified atom stereocenters. The Labute approximate surface area is 323 Å². The van der Waals surface area contributed by atoms with E-state index >= 15 is 0 Å². The van der Waals surface area contributed by atoms with Crippen molar-refractivity contribution >= 4 is 43.6 Å². The number of fused-ring (bicyclic) bond motifs is 6. The smallest absolute Gasteiger partial charge is 0.166 e. The minimum absolute atomic E-state index is 0.616. The average molecular weight is 716 g/mol. The quantitative estimate of drug-likeness (QED) is 0.186. The van der Waals surface area contributed by atoms with E-state index in [1.165, 1.54) is 38.2 Å². The van der Waals surface area contributed by atoms with Crippen molar-refractivity contribution in [3.05, 3.63) is 194 Å². The molecule has 56 heavy (non-hydrogen) atoms. The monoisotopic (exact) mass is 715 g/mol.